The van der Waals surface area contributed by atoms with Crippen LogP contribution in [0.4, 0.5) is 9.59 Å². The summed E-state index contributed by atoms with van der Waals surface area (Å²) in [7, 11) is 0.0879. The summed E-state index contributed by atoms with van der Waals surface area (Å²) < 4.78 is 14.7. The van der Waals surface area contributed by atoms with Gasteiger partial charge in [0.25, 0.3) is 0 Å². The van der Waals surface area contributed by atoms with Gasteiger partial charge in [0.15, 0.2) is 8.07 Å². The largest absolute Gasteiger partial charge is 0.480 e. The number of rotatable bonds is 13. The van der Waals surface area contributed by atoms with Crippen LogP contribution in [0.1, 0.15) is 80.1 Å². The summed E-state index contributed by atoms with van der Waals surface area (Å²) in [5.41, 5.74) is 17.5. The molecular formula is C27H56N6O8Si. The fraction of sp³-hybridized carbons (Fsp3) is 0.815. The number of alkyl carbamates (subject to hydrolysis) is 2. The zero-order valence-electron chi connectivity index (χ0n) is 27.2. The molecule has 14 nitrogen and oxygen atoms in total. The predicted molar refractivity (Wildman–Crippen MR) is 165 cm³/mol. The highest BCUT2D eigenvalue weighted by Crippen LogP contribution is 2.09. The maximum absolute atomic E-state index is 11.6. The number of esters is 1. The highest BCUT2D eigenvalue weighted by Gasteiger charge is 2.25. The maximum atomic E-state index is 11.6. The second-order valence-corrected chi connectivity index (χ2v) is 17.4. The van der Waals surface area contributed by atoms with Crippen molar-refractivity contribution in [3.8, 4) is 0 Å². The molecule has 0 aliphatic carbocycles. The van der Waals surface area contributed by atoms with Gasteiger partial charge in [0.1, 0.15) is 23.3 Å². The molecule has 0 aliphatic rings. The molecule has 0 bridgehead atoms. The van der Waals surface area contributed by atoms with E-state index in [0.717, 1.165) is 19.3 Å². The van der Waals surface area contributed by atoms with Crippen molar-refractivity contribution >= 4 is 38.0 Å². The summed E-state index contributed by atoms with van der Waals surface area (Å²) in [5.74, 6) is 0.0956. The van der Waals surface area contributed by atoms with Crippen LogP contribution >= 0.6 is 0 Å². The first-order chi connectivity index (χ1) is 19.1. The fourth-order valence-corrected chi connectivity index (χ4v) is 3.05. The molecule has 0 rings (SSSR count). The van der Waals surface area contributed by atoms with E-state index < -0.39 is 55.5 Å². The first-order valence-electron chi connectivity index (χ1n) is 14.0. The first-order valence-corrected chi connectivity index (χ1v) is 17.6. The molecule has 0 aliphatic heterocycles. The minimum atomic E-state index is -1.20. The van der Waals surface area contributed by atoms with E-state index >= 15 is 0 Å². The molecule has 0 radical (unpaired) electrons. The molecular weight excluding hydrogens is 564 g/mol. The van der Waals surface area contributed by atoms with Crippen LogP contribution in [0.25, 0.3) is 5.53 Å². The van der Waals surface area contributed by atoms with Gasteiger partial charge in [-0.05, 0) is 93.2 Å². The number of ether oxygens (including phenoxy) is 3. The number of carboxylic acids is 1. The number of methoxy groups -OCH3 is 1. The van der Waals surface area contributed by atoms with Crippen LogP contribution in [0, 0.1) is 0 Å². The van der Waals surface area contributed by atoms with Crippen molar-refractivity contribution < 1.29 is 43.3 Å². The topological polar surface area (TPSA) is 229 Å². The lowest BCUT2D eigenvalue weighted by Gasteiger charge is -2.22. The Morgan fingerprint density at radius 1 is 0.833 bits per heavy atom. The van der Waals surface area contributed by atoms with Gasteiger partial charge in [-0.1, -0.05) is 19.6 Å². The van der Waals surface area contributed by atoms with Crippen LogP contribution in [0.3, 0.4) is 0 Å². The lowest BCUT2D eigenvalue weighted by molar-refractivity contribution is -0.143. The second kappa shape index (κ2) is 22.6. The third kappa shape index (κ3) is 31.5. The van der Waals surface area contributed by atoms with Crippen molar-refractivity contribution in [1.82, 2.24) is 10.6 Å². The Kier molecular flexibility index (Phi) is 23.4. The average molecular weight is 621 g/mol. The summed E-state index contributed by atoms with van der Waals surface area (Å²) >= 11 is 0. The van der Waals surface area contributed by atoms with Crippen molar-refractivity contribution in [2.24, 2.45) is 11.5 Å². The number of nitrogens with one attached hydrogen (secondary N) is 2. The number of hydrogen-bond donors (Lipinski definition) is 5. The Bertz CT molecular complexity index is 847. The molecule has 0 aromatic heterocycles. The predicted octanol–water partition coefficient (Wildman–Crippen LogP) is 3.44. The van der Waals surface area contributed by atoms with Gasteiger partial charge in [0.2, 0.25) is 5.84 Å². The molecule has 15 heteroatoms. The van der Waals surface area contributed by atoms with Crippen LogP contribution in [0.2, 0.25) is 19.6 Å². The van der Waals surface area contributed by atoms with Gasteiger partial charge in [-0.15, -0.1) is 0 Å². The van der Waals surface area contributed by atoms with Crippen molar-refractivity contribution in [2.45, 2.75) is 123 Å². The number of carboxylic acid groups (broad SMARTS) is 1. The van der Waals surface area contributed by atoms with Gasteiger partial charge < -0.3 is 46.9 Å². The van der Waals surface area contributed by atoms with E-state index in [1.165, 1.54) is 7.11 Å². The molecule has 0 fully saturated rings. The molecule has 246 valence electrons. The highest BCUT2D eigenvalue weighted by atomic mass is 28.3. The molecule has 0 saturated heterocycles. The van der Waals surface area contributed by atoms with Crippen LogP contribution in [0.5, 0.6) is 0 Å². The molecule has 42 heavy (non-hydrogen) atoms. The normalized spacial score (nSPS) is 12.4. The van der Waals surface area contributed by atoms with E-state index in [1.54, 1.807) is 47.4 Å². The molecule has 0 heterocycles. The van der Waals surface area contributed by atoms with Crippen molar-refractivity contribution in [3.05, 3.63) is 5.53 Å². The van der Waals surface area contributed by atoms with Crippen LogP contribution in [-0.2, 0) is 23.8 Å². The van der Waals surface area contributed by atoms with E-state index in [-0.39, 0.29) is 0 Å². The van der Waals surface area contributed by atoms with Crippen LogP contribution in [0.15, 0.2) is 0 Å². The smallest absolute Gasteiger partial charge is 0.408 e. The van der Waals surface area contributed by atoms with Gasteiger partial charge in [-0.3, -0.25) is 0 Å². The third-order valence-corrected chi connectivity index (χ3v) is 5.39. The zero-order valence-corrected chi connectivity index (χ0v) is 28.2. The van der Waals surface area contributed by atoms with Crippen molar-refractivity contribution in [2.75, 3.05) is 20.2 Å². The highest BCUT2D eigenvalue weighted by molar-refractivity contribution is 6.98. The second-order valence-electron chi connectivity index (χ2n) is 12.4. The zero-order chi connectivity index (χ0) is 33.6. The summed E-state index contributed by atoms with van der Waals surface area (Å²) in [4.78, 5) is 48.3. The van der Waals surface area contributed by atoms with Gasteiger partial charge in [0, 0.05) is 0 Å². The Balaban J connectivity index is -0.000000593. The Hall–Kier alpha value is -3.00. The fourth-order valence-electron chi connectivity index (χ4n) is 2.71. The summed E-state index contributed by atoms with van der Waals surface area (Å²) in [5, 5.41) is 13.8. The van der Waals surface area contributed by atoms with Crippen molar-refractivity contribution in [3.63, 3.8) is 0 Å². The lowest BCUT2D eigenvalue weighted by atomic mass is 10.1. The number of carbonyl (C=O) groups excluding carboxylic acids is 3. The number of nitrogens with zero attached hydrogens (tertiary/aromatic N) is 2. The van der Waals surface area contributed by atoms with E-state index in [4.69, 9.17) is 31.6 Å². The van der Waals surface area contributed by atoms with Gasteiger partial charge in [0.05, 0.1) is 7.11 Å². The molecule has 2 atom stereocenters. The van der Waals surface area contributed by atoms with Crippen molar-refractivity contribution in [1.29, 1.82) is 0 Å². The summed E-state index contributed by atoms with van der Waals surface area (Å²) in [6.07, 6.45) is 2.44. The SMILES string of the molecule is CC(C)(C)OC(=O)N[C@H](CCCCN)C(=O)O.COC(=O)[C@@H](CCCCN)NC(=O)OC(C)(C)C.C[Si](C)(C)C=[N+]=[N-]. The third-order valence-electron chi connectivity index (χ3n) is 4.50. The first kappa shape index (κ1) is 43.5. The van der Waals surface area contributed by atoms with E-state index in [2.05, 4.69) is 39.8 Å². The molecule has 0 aromatic rings. The van der Waals surface area contributed by atoms with Gasteiger partial charge in [-0.2, -0.15) is 4.79 Å². The monoisotopic (exact) mass is 620 g/mol. The van der Waals surface area contributed by atoms with E-state index in [0.29, 0.717) is 32.4 Å². The molecule has 0 aromatic carbocycles. The number of aliphatic carboxylic acids is 1. The maximum Gasteiger partial charge on any atom is 0.408 e. The number of amides is 2. The average Bonchev–Trinajstić information content (AvgIpc) is 2.80. The van der Waals surface area contributed by atoms with E-state index in [9.17, 15) is 19.2 Å². The van der Waals surface area contributed by atoms with Crippen LogP contribution in [-0.4, -0.2) is 91.4 Å². The Labute approximate surface area is 252 Å². The standard InChI is InChI=1S/C12H24N2O4.C11H22N2O4.C4H10N2Si/c1-12(2,3)18-11(16)14-9(10(15)17-4)7-5-6-8-13;1-11(2,3)17-10(16)13-8(9(14)15)6-4-5-7-12;1-7(2,3)4-6-5/h9H,5-8,13H2,1-4H3,(H,14,16);8H,4-7,12H2,1-3H3,(H,13,16)(H,14,15);4H,1-3H3/t9-;8-;/m11./s1. The van der Waals surface area contributed by atoms with Gasteiger partial charge in [-0.25, -0.2) is 19.2 Å². The molecule has 0 spiro atoms. The van der Waals surface area contributed by atoms with Crippen LogP contribution < -0.4 is 22.1 Å². The number of carbonyl (C=O) groups is 4. The molecule has 0 unspecified atom stereocenters. The van der Waals surface area contributed by atoms with Gasteiger partial charge >= 0.3 is 24.1 Å². The van der Waals surface area contributed by atoms with E-state index in [1.807, 2.05) is 0 Å². The summed E-state index contributed by atoms with van der Waals surface area (Å²) in [6.45, 7) is 17.8. The summed E-state index contributed by atoms with van der Waals surface area (Å²) in [6, 6.07) is -1.60. The lowest BCUT2D eigenvalue weighted by Crippen LogP contribution is -2.44. The number of unbranched alkanes of at least 4 members (excludes halogenated alkanes) is 2. The minimum absolute atomic E-state index is 0.353. The number of hydrogen-bond acceptors (Lipinski definition) is 9. The number of nitrogens with two attached hydrogens (primary N) is 2. The Morgan fingerprint density at radius 3 is 1.48 bits per heavy atom. The Morgan fingerprint density at radius 2 is 1.21 bits per heavy atom. The molecule has 2 amide bonds. The quantitative estimate of drug-likeness (QED) is 0.0383. The molecule has 0 saturated carbocycles. The minimum Gasteiger partial charge on any atom is -0.480 e. The molecule has 7 N–H and O–H groups in total.